The number of hydrazone groups is 1. The zero-order valence-electron chi connectivity index (χ0n) is 8.04. The molecule has 0 aliphatic carbocycles. The average molecular weight is 245 g/mol. The minimum atomic E-state index is 0.792. The summed E-state index contributed by atoms with van der Waals surface area (Å²) in [6.07, 6.45) is 1.64. The van der Waals surface area contributed by atoms with Crippen LogP contribution in [0.2, 0.25) is 0 Å². The van der Waals surface area contributed by atoms with Gasteiger partial charge >= 0.3 is 0 Å². The Hall–Kier alpha value is -0.770. The molecule has 0 spiro atoms. The summed E-state index contributed by atoms with van der Waals surface area (Å²) in [5.74, 6) is 0.792. The van der Waals surface area contributed by atoms with Gasteiger partial charge in [-0.15, -0.1) is 0 Å². The van der Waals surface area contributed by atoms with Gasteiger partial charge in [0.25, 0.3) is 0 Å². The predicted octanol–water partition coefficient (Wildman–Crippen LogP) is 2.72. The third kappa shape index (κ3) is 2.59. The lowest BCUT2D eigenvalue weighted by Crippen LogP contribution is -2.12. The summed E-state index contributed by atoms with van der Waals surface area (Å²) in [5.41, 5.74) is 0.876. The standard InChI is InChI=1S/C9H13BrN2O/c1-4-12(3)11-7(2)9-8(10)5-6-13-9/h5-6H,4H2,1-3H3/b11-7-. The first-order valence-electron chi connectivity index (χ1n) is 4.14. The largest absolute Gasteiger partial charge is 0.462 e. The Morgan fingerprint density at radius 3 is 2.85 bits per heavy atom. The third-order valence-electron chi connectivity index (χ3n) is 1.72. The minimum Gasteiger partial charge on any atom is -0.462 e. The predicted molar refractivity (Wildman–Crippen MR) is 56.9 cm³/mol. The van der Waals surface area contributed by atoms with E-state index in [1.54, 1.807) is 6.26 Å². The van der Waals surface area contributed by atoms with Gasteiger partial charge in [-0.2, -0.15) is 5.10 Å². The molecule has 0 bridgehead atoms. The average Bonchev–Trinajstić information content (AvgIpc) is 2.51. The quantitative estimate of drug-likeness (QED) is 0.605. The first-order valence-corrected chi connectivity index (χ1v) is 4.94. The summed E-state index contributed by atoms with van der Waals surface area (Å²) in [6.45, 7) is 4.86. The number of rotatable bonds is 3. The Morgan fingerprint density at radius 2 is 2.38 bits per heavy atom. The number of hydrogen-bond acceptors (Lipinski definition) is 3. The van der Waals surface area contributed by atoms with E-state index in [-0.39, 0.29) is 0 Å². The maximum atomic E-state index is 5.27. The summed E-state index contributed by atoms with van der Waals surface area (Å²) in [5, 5.41) is 6.19. The molecule has 0 saturated heterocycles. The molecule has 0 radical (unpaired) electrons. The van der Waals surface area contributed by atoms with Crippen molar-refractivity contribution in [2.75, 3.05) is 13.6 Å². The second-order valence-electron chi connectivity index (χ2n) is 2.76. The molecular weight excluding hydrogens is 232 g/mol. The molecule has 1 rings (SSSR count). The molecule has 0 aliphatic rings. The molecule has 1 aromatic rings. The summed E-state index contributed by atoms with van der Waals surface area (Å²) >= 11 is 3.39. The Labute approximate surface area is 86.5 Å². The van der Waals surface area contributed by atoms with Crippen molar-refractivity contribution in [3.63, 3.8) is 0 Å². The second-order valence-corrected chi connectivity index (χ2v) is 3.61. The molecule has 0 saturated carbocycles. The molecule has 0 unspecified atom stereocenters. The molecule has 0 aromatic carbocycles. The molecule has 13 heavy (non-hydrogen) atoms. The number of furan rings is 1. The van der Waals surface area contributed by atoms with Gasteiger partial charge in [-0.1, -0.05) is 0 Å². The minimum absolute atomic E-state index is 0.792. The van der Waals surface area contributed by atoms with E-state index in [0.29, 0.717) is 0 Å². The van der Waals surface area contributed by atoms with E-state index in [1.165, 1.54) is 0 Å². The maximum absolute atomic E-state index is 5.27. The molecule has 0 amide bonds. The van der Waals surface area contributed by atoms with Crippen LogP contribution in [0.4, 0.5) is 0 Å². The van der Waals surface area contributed by atoms with Gasteiger partial charge in [0.1, 0.15) is 5.71 Å². The van der Waals surface area contributed by atoms with E-state index in [0.717, 1.165) is 22.5 Å². The van der Waals surface area contributed by atoms with Crippen LogP contribution in [0.3, 0.4) is 0 Å². The highest BCUT2D eigenvalue weighted by Gasteiger charge is 2.06. The lowest BCUT2D eigenvalue weighted by atomic mass is 10.3. The highest BCUT2D eigenvalue weighted by Crippen LogP contribution is 2.18. The summed E-state index contributed by atoms with van der Waals surface area (Å²) in [7, 11) is 1.93. The van der Waals surface area contributed by atoms with Crippen molar-refractivity contribution >= 4 is 21.6 Å². The van der Waals surface area contributed by atoms with Crippen molar-refractivity contribution in [1.29, 1.82) is 0 Å². The molecule has 0 N–H and O–H groups in total. The van der Waals surface area contributed by atoms with Crippen LogP contribution in [-0.2, 0) is 0 Å². The Morgan fingerprint density at radius 1 is 1.69 bits per heavy atom. The van der Waals surface area contributed by atoms with E-state index < -0.39 is 0 Å². The van der Waals surface area contributed by atoms with Crippen molar-refractivity contribution in [2.45, 2.75) is 13.8 Å². The van der Waals surface area contributed by atoms with Crippen molar-refractivity contribution < 1.29 is 4.42 Å². The van der Waals surface area contributed by atoms with E-state index in [9.17, 15) is 0 Å². The molecule has 0 fully saturated rings. The van der Waals surface area contributed by atoms with Crippen LogP contribution in [0, 0.1) is 0 Å². The van der Waals surface area contributed by atoms with Crippen LogP contribution >= 0.6 is 15.9 Å². The summed E-state index contributed by atoms with van der Waals surface area (Å²) < 4.78 is 6.21. The van der Waals surface area contributed by atoms with Crippen LogP contribution < -0.4 is 0 Å². The molecule has 1 heterocycles. The number of halogens is 1. The SMILES string of the molecule is CCN(C)/N=C(/C)c1occc1Br. The maximum Gasteiger partial charge on any atom is 0.163 e. The fraction of sp³-hybridized carbons (Fsp3) is 0.444. The van der Waals surface area contributed by atoms with Crippen molar-refractivity contribution in [3.05, 3.63) is 22.6 Å². The van der Waals surface area contributed by atoms with E-state index in [2.05, 4.69) is 21.0 Å². The summed E-state index contributed by atoms with van der Waals surface area (Å²) in [4.78, 5) is 0. The molecular formula is C9H13BrN2O. The van der Waals surface area contributed by atoms with Crippen LogP contribution in [0.1, 0.15) is 19.6 Å². The molecule has 4 heteroatoms. The van der Waals surface area contributed by atoms with Crippen LogP contribution in [0.25, 0.3) is 0 Å². The van der Waals surface area contributed by atoms with E-state index in [1.807, 2.05) is 32.0 Å². The second kappa shape index (κ2) is 4.46. The fourth-order valence-electron chi connectivity index (χ4n) is 0.924. The Balaban J connectivity index is 2.84. The molecule has 1 aromatic heterocycles. The molecule has 0 aliphatic heterocycles. The van der Waals surface area contributed by atoms with Gasteiger partial charge in [-0.25, -0.2) is 0 Å². The Bertz CT molecular complexity index is 306. The van der Waals surface area contributed by atoms with Crippen molar-refractivity contribution in [2.24, 2.45) is 5.10 Å². The third-order valence-corrected chi connectivity index (χ3v) is 2.35. The molecule has 72 valence electrons. The normalized spacial score (nSPS) is 11.8. The zero-order chi connectivity index (χ0) is 9.84. The van der Waals surface area contributed by atoms with E-state index in [4.69, 9.17) is 4.42 Å². The van der Waals surface area contributed by atoms with Crippen molar-refractivity contribution in [3.8, 4) is 0 Å². The van der Waals surface area contributed by atoms with Gasteiger partial charge < -0.3 is 9.43 Å². The van der Waals surface area contributed by atoms with Gasteiger partial charge in [-0.05, 0) is 35.8 Å². The lowest BCUT2D eigenvalue weighted by molar-refractivity contribution is 0.374. The van der Waals surface area contributed by atoms with Gasteiger partial charge in [0.2, 0.25) is 0 Å². The zero-order valence-corrected chi connectivity index (χ0v) is 9.63. The van der Waals surface area contributed by atoms with Crippen LogP contribution in [0.5, 0.6) is 0 Å². The first kappa shape index (κ1) is 10.3. The van der Waals surface area contributed by atoms with E-state index >= 15 is 0 Å². The number of hydrogen-bond donors (Lipinski definition) is 0. The van der Waals surface area contributed by atoms with Crippen molar-refractivity contribution in [1.82, 2.24) is 5.01 Å². The highest BCUT2D eigenvalue weighted by molar-refractivity contribution is 9.10. The van der Waals surface area contributed by atoms with Crippen LogP contribution in [0.15, 0.2) is 26.3 Å². The van der Waals surface area contributed by atoms with Gasteiger partial charge in [0, 0.05) is 13.6 Å². The smallest absolute Gasteiger partial charge is 0.163 e. The topological polar surface area (TPSA) is 28.7 Å². The molecule has 0 atom stereocenters. The van der Waals surface area contributed by atoms with Gasteiger partial charge in [0.15, 0.2) is 5.76 Å². The van der Waals surface area contributed by atoms with Gasteiger partial charge in [0.05, 0.1) is 10.7 Å². The van der Waals surface area contributed by atoms with Gasteiger partial charge in [-0.3, -0.25) is 0 Å². The fourth-order valence-corrected chi connectivity index (χ4v) is 1.41. The summed E-state index contributed by atoms with van der Waals surface area (Å²) in [6, 6.07) is 1.86. The Kier molecular flexibility index (Phi) is 3.54. The first-order chi connectivity index (χ1) is 6.15. The highest BCUT2D eigenvalue weighted by atomic mass is 79.9. The monoisotopic (exact) mass is 244 g/mol. The number of nitrogens with zero attached hydrogens (tertiary/aromatic N) is 2. The van der Waals surface area contributed by atoms with Crippen LogP contribution in [-0.4, -0.2) is 24.3 Å². The lowest BCUT2D eigenvalue weighted by Gasteiger charge is -2.10. The molecule has 3 nitrogen and oxygen atoms in total.